The summed E-state index contributed by atoms with van der Waals surface area (Å²) in [5, 5.41) is 2.72. The maximum absolute atomic E-state index is 11.2. The Bertz CT molecular complexity index is 167. The van der Waals surface area contributed by atoms with Crippen molar-refractivity contribution in [3.8, 4) is 0 Å². The molecule has 13 heavy (non-hydrogen) atoms. The lowest BCUT2D eigenvalue weighted by Gasteiger charge is -2.21. The predicted molar refractivity (Wildman–Crippen MR) is 54.1 cm³/mol. The van der Waals surface area contributed by atoms with Crippen LogP contribution in [0.25, 0.3) is 0 Å². The van der Waals surface area contributed by atoms with Gasteiger partial charge in [0, 0.05) is 15.2 Å². The van der Waals surface area contributed by atoms with Crippen LogP contribution in [0.3, 0.4) is 0 Å². The van der Waals surface area contributed by atoms with E-state index in [2.05, 4.69) is 5.09 Å². The molecule has 0 aromatic rings. The van der Waals surface area contributed by atoms with E-state index in [0.29, 0.717) is 6.35 Å². The van der Waals surface area contributed by atoms with Crippen LogP contribution in [-0.2, 0) is 9.47 Å². The number of nitrogens with one attached hydrogen (secondary N) is 1. The normalized spacial score (nSPS) is 13.6. The van der Waals surface area contributed by atoms with Crippen molar-refractivity contribution in [3.63, 3.8) is 0 Å². The van der Waals surface area contributed by atoms with E-state index < -0.39 is 13.7 Å². The van der Waals surface area contributed by atoms with Gasteiger partial charge in [0.05, 0.1) is 6.35 Å². The molecule has 0 radical (unpaired) electrons. The van der Waals surface area contributed by atoms with Crippen LogP contribution in [0.15, 0.2) is 0 Å². The minimum atomic E-state index is -0.620. The first-order valence-electron chi connectivity index (χ1n) is 4.05. The van der Waals surface area contributed by atoms with Crippen molar-refractivity contribution in [2.75, 3.05) is 20.1 Å². The van der Waals surface area contributed by atoms with Gasteiger partial charge in [-0.15, -0.1) is 0 Å². The third-order valence-corrected chi connectivity index (χ3v) is 2.21. The number of hydrogen-bond donors (Lipinski definition) is 1. The molecule has 5 heteroatoms. The molecule has 0 bridgehead atoms. The zero-order valence-electron chi connectivity index (χ0n) is 8.88. The van der Waals surface area contributed by atoms with E-state index in [0.717, 1.165) is 0 Å². The van der Waals surface area contributed by atoms with Crippen molar-refractivity contribution < 1.29 is 14.3 Å². The lowest BCUT2D eigenvalue weighted by atomic mass is 10.2. The van der Waals surface area contributed by atoms with Gasteiger partial charge in [0.2, 0.25) is 0 Å². The summed E-state index contributed by atoms with van der Waals surface area (Å²) >= 11 is 0. The van der Waals surface area contributed by atoms with Crippen molar-refractivity contribution in [1.29, 1.82) is 0 Å². The Labute approximate surface area is 80.8 Å². The first-order chi connectivity index (χ1) is 5.85. The Kier molecular flexibility index (Phi) is 5.26. The average molecular weight is 207 g/mol. The van der Waals surface area contributed by atoms with E-state index in [1.165, 1.54) is 0 Å². The molecule has 0 aliphatic heterocycles. The van der Waals surface area contributed by atoms with E-state index in [1.54, 1.807) is 7.11 Å². The van der Waals surface area contributed by atoms with Gasteiger partial charge in [-0.25, -0.2) is 4.79 Å². The number of ether oxygens (including phenoxy) is 2. The number of carbonyl (C=O) groups excluding carboxylic acids is 1. The molecular formula is C8H18NO3P. The minimum absolute atomic E-state index is 0.377. The molecule has 4 nitrogen and oxygen atoms in total. The largest absolute Gasteiger partial charge is 0.444 e. The second-order valence-corrected chi connectivity index (χ2v) is 5.61. The van der Waals surface area contributed by atoms with Crippen molar-refractivity contribution in [2.45, 2.75) is 26.4 Å². The number of methoxy groups -OCH3 is 1. The van der Waals surface area contributed by atoms with Gasteiger partial charge in [0.25, 0.3) is 0 Å². The number of hydrogen-bond acceptors (Lipinski definition) is 3. The van der Waals surface area contributed by atoms with Gasteiger partial charge in [-0.3, -0.25) is 5.09 Å². The highest BCUT2D eigenvalue weighted by Gasteiger charge is 2.17. The summed E-state index contributed by atoms with van der Waals surface area (Å²) < 4.78 is 9.96. The smallest absolute Gasteiger partial charge is 0.410 e. The van der Waals surface area contributed by atoms with Crippen molar-refractivity contribution in [2.24, 2.45) is 0 Å². The maximum Gasteiger partial charge on any atom is 0.410 e. The highest BCUT2D eigenvalue weighted by atomic mass is 31.1. The molecule has 0 spiro atoms. The summed E-state index contributed by atoms with van der Waals surface area (Å²) in [6.45, 7) is 7.42. The molecule has 0 rings (SSSR count). The van der Waals surface area contributed by atoms with Gasteiger partial charge in [-0.2, -0.15) is 0 Å². The quantitative estimate of drug-likeness (QED) is 0.721. The monoisotopic (exact) mass is 207 g/mol. The third kappa shape index (κ3) is 8.00. The topological polar surface area (TPSA) is 47.6 Å². The molecule has 1 amide bonds. The lowest BCUT2D eigenvalue weighted by molar-refractivity contribution is 0.0570. The van der Waals surface area contributed by atoms with E-state index in [9.17, 15) is 4.79 Å². The van der Waals surface area contributed by atoms with E-state index >= 15 is 0 Å². The van der Waals surface area contributed by atoms with Crippen LogP contribution in [0.4, 0.5) is 4.79 Å². The lowest BCUT2D eigenvalue weighted by Crippen LogP contribution is -2.30. The fraction of sp³-hybridized carbons (Fsp3) is 0.875. The molecule has 0 saturated carbocycles. The van der Waals surface area contributed by atoms with Gasteiger partial charge < -0.3 is 9.47 Å². The van der Waals surface area contributed by atoms with Crippen LogP contribution in [0.2, 0.25) is 0 Å². The molecule has 1 atom stereocenters. The molecule has 0 aliphatic carbocycles. The zero-order valence-corrected chi connectivity index (χ0v) is 9.77. The number of carbonyl (C=O) groups is 1. The summed E-state index contributed by atoms with van der Waals surface area (Å²) in [5.74, 6) is 0. The summed E-state index contributed by atoms with van der Waals surface area (Å²) in [7, 11) is 0.987. The van der Waals surface area contributed by atoms with Gasteiger partial charge >= 0.3 is 6.09 Å². The van der Waals surface area contributed by atoms with E-state index in [4.69, 9.17) is 9.47 Å². The molecule has 1 N–H and O–H groups in total. The summed E-state index contributed by atoms with van der Waals surface area (Å²) in [4.78, 5) is 11.2. The zero-order chi connectivity index (χ0) is 10.5. The summed E-state index contributed by atoms with van der Waals surface area (Å²) in [5.41, 5.74) is -0.437. The van der Waals surface area contributed by atoms with Gasteiger partial charge in [-0.05, 0) is 27.4 Å². The van der Waals surface area contributed by atoms with Crippen molar-refractivity contribution in [3.05, 3.63) is 0 Å². The number of rotatable bonds is 3. The summed E-state index contributed by atoms with van der Waals surface area (Å²) in [6.07, 6.45) is 0.173. The second kappa shape index (κ2) is 5.40. The molecule has 0 aliphatic rings. The maximum atomic E-state index is 11.2. The van der Waals surface area contributed by atoms with Crippen LogP contribution in [-0.4, -0.2) is 31.8 Å². The molecule has 0 heterocycles. The molecular weight excluding hydrogens is 189 g/mol. The van der Waals surface area contributed by atoms with E-state index in [-0.39, 0.29) is 6.09 Å². The average Bonchev–Trinajstić information content (AvgIpc) is 1.81. The Morgan fingerprint density at radius 3 is 2.38 bits per heavy atom. The molecule has 0 saturated heterocycles. The van der Waals surface area contributed by atoms with Crippen molar-refractivity contribution in [1.82, 2.24) is 5.09 Å². The van der Waals surface area contributed by atoms with Crippen LogP contribution in [0.1, 0.15) is 20.8 Å². The molecule has 0 aromatic carbocycles. The fourth-order valence-corrected chi connectivity index (χ4v) is 1.49. The first kappa shape index (κ1) is 12.7. The first-order valence-corrected chi connectivity index (χ1v) is 6.02. The van der Waals surface area contributed by atoms with Crippen LogP contribution in [0.5, 0.6) is 0 Å². The Hall–Kier alpha value is -0.340. The van der Waals surface area contributed by atoms with Crippen LogP contribution in [0, 0.1) is 0 Å². The minimum Gasteiger partial charge on any atom is -0.444 e. The Balaban J connectivity index is 3.74. The number of amides is 1. The molecule has 1 unspecified atom stereocenters. The standard InChI is InChI=1S/C8H18NO3P/c1-8(2,3)12-7(10)9-13(5)6-11-4/h6H2,1-5H3,(H,9,10). The Morgan fingerprint density at radius 1 is 1.46 bits per heavy atom. The third-order valence-electron chi connectivity index (χ3n) is 1.00. The van der Waals surface area contributed by atoms with E-state index in [1.807, 2.05) is 27.4 Å². The SMILES string of the molecule is COCP(C)NC(=O)OC(C)(C)C. The fourth-order valence-electron chi connectivity index (χ4n) is 0.683. The molecule has 78 valence electrons. The highest BCUT2D eigenvalue weighted by Crippen LogP contribution is 2.24. The van der Waals surface area contributed by atoms with Crippen LogP contribution < -0.4 is 5.09 Å². The van der Waals surface area contributed by atoms with Crippen LogP contribution >= 0.6 is 8.07 Å². The highest BCUT2D eigenvalue weighted by molar-refractivity contribution is 7.55. The van der Waals surface area contributed by atoms with Gasteiger partial charge in [0.15, 0.2) is 0 Å². The predicted octanol–water partition coefficient (Wildman–Crippen LogP) is 2.14. The summed E-state index contributed by atoms with van der Waals surface area (Å²) in [6, 6.07) is 0. The van der Waals surface area contributed by atoms with Gasteiger partial charge in [0.1, 0.15) is 5.60 Å². The Morgan fingerprint density at radius 2 is 2.00 bits per heavy atom. The molecule has 0 aromatic heterocycles. The second-order valence-electron chi connectivity index (χ2n) is 3.73. The van der Waals surface area contributed by atoms with Crippen molar-refractivity contribution >= 4 is 14.2 Å². The van der Waals surface area contributed by atoms with Gasteiger partial charge in [-0.1, -0.05) is 0 Å². The molecule has 0 fully saturated rings.